The second-order valence-electron chi connectivity index (χ2n) is 5.29. The Morgan fingerprint density at radius 2 is 1.84 bits per heavy atom. The van der Waals surface area contributed by atoms with Crippen molar-refractivity contribution in [3.05, 3.63) is 35.4 Å². The first-order valence-electron chi connectivity index (χ1n) is 7.35. The summed E-state index contributed by atoms with van der Waals surface area (Å²) in [5.74, 6) is 0. The predicted octanol–water partition coefficient (Wildman–Crippen LogP) is 2.62. The Morgan fingerprint density at radius 1 is 1.16 bits per heavy atom. The Kier molecular flexibility index (Phi) is 5.83. The summed E-state index contributed by atoms with van der Waals surface area (Å²) in [5.41, 5.74) is 2.59. The van der Waals surface area contributed by atoms with Crippen molar-refractivity contribution in [2.45, 2.75) is 57.9 Å². The van der Waals surface area contributed by atoms with Gasteiger partial charge in [0.25, 0.3) is 0 Å². The number of hydrogen-bond donors (Lipinski definition) is 2. The van der Waals surface area contributed by atoms with Gasteiger partial charge in [-0.25, -0.2) is 0 Å². The van der Waals surface area contributed by atoms with Crippen LogP contribution in [0.25, 0.3) is 0 Å². The molecule has 0 heterocycles. The van der Waals surface area contributed by atoms with Crippen LogP contribution in [0.4, 0.5) is 0 Å². The third kappa shape index (κ3) is 4.60. The van der Waals surface area contributed by atoms with Crippen LogP contribution in [0.3, 0.4) is 0 Å². The standard InChI is InChI=1S/C16H25NO2/c1-2-19-12-14-6-4-3-5-13(14)11-17-15-7-9-16(18)10-8-15/h3-6,15-18H,2,7-12H2,1H3. The molecule has 0 atom stereocenters. The smallest absolute Gasteiger partial charge is 0.0719 e. The molecule has 2 rings (SSSR count). The predicted molar refractivity (Wildman–Crippen MR) is 76.9 cm³/mol. The number of rotatable bonds is 6. The average Bonchev–Trinajstić information content (AvgIpc) is 2.45. The van der Waals surface area contributed by atoms with Crippen LogP contribution in [0.2, 0.25) is 0 Å². The second-order valence-corrected chi connectivity index (χ2v) is 5.29. The van der Waals surface area contributed by atoms with E-state index in [-0.39, 0.29) is 6.10 Å². The molecule has 106 valence electrons. The summed E-state index contributed by atoms with van der Waals surface area (Å²) in [6, 6.07) is 8.99. The molecule has 0 spiro atoms. The highest BCUT2D eigenvalue weighted by Crippen LogP contribution is 2.19. The van der Waals surface area contributed by atoms with Gasteiger partial charge in [-0.3, -0.25) is 0 Å². The van der Waals surface area contributed by atoms with E-state index in [0.29, 0.717) is 12.6 Å². The topological polar surface area (TPSA) is 41.5 Å². The Balaban J connectivity index is 1.84. The van der Waals surface area contributed by atoms with Crippen LogP contribution in [-0.2, 0) is 17.9 Å². The lowest BCUT2D eigenvalue weighted by Gasteiger charge is -2.26. The monoisotopic (exact) mass is 263 g/mol. The first kappa shape index (κ1) is 14.5. The summed E-state index contributed by atoms with van der Waals surface area (Å²) in [6.07, 6.45) is 3.93. The van der Waals surface area contributed by atoms with Gasteiger partial charge in [0, 0.05) is 19.2 Å². The van der Waals surface area contributed by atoms with Crippen molar-refractivity contribution in [1.29, 1.82) is 0 Å². The maximum absolute atomic E-state index is 9.51. The van der Waals surface area contributed by atoms with Crippen molar-refractivity contribution in [3.63, 3.8) is 0 Å². The fraction of sp³-hybridized carbons (Fsp3) is 0.625. The summed E-state index contributed by atoms with van der Waals surface area (Å²) in [5, 5.41) is 13.1. The van der Waals surface area contributed by atoms with Crippen LogP contribution in [0.15, 0.2) is 24.3 Å². The third-order valence-electron chi connectivity index (χ3n) is 3.86. The molecule has 3 heteroatoms. The third-order valence-corrected chi connectivity index (χ3v) is 3.86. The van der Waals surface area contributed by atoms with Crippen molar-refractivity contribution in [3.8, 4) is 0 Å². The van der Waals surface area contributed by atoms with Crippen LogP contribution in [-0.4, -0.2) is 23.9 Å². The van der Waals surface area contributed by atoms with E-state index >= 15 is 0 Å². The highest BCUT2D eigenvalue weighted by Gasteiger charge is 2.18. The Hall–Kier alpha value is -0.900. The summed E-state index contributed by atoms with van der Waals surface area (Å²) in [4.78, 5) is 0. The fourth-order valence-corrected chi connectivity index (χ4v) is 2.62. The van der Waals surface area contributed by atoms with Gasteiger partial charge in [-0.2, -0.15) is 0 Å². The first-order chi connectivity index (χ1) is 9.29. The first-order valence-corrected chi connectivity index (χ1v) is 7.35. The van der Waals surface area contributed by atoms with Crippen LogP contribution in [0.5, 0.6) is 0 Å². The van der Waals surface area contributed by atoms with E-state index in [1.807, 2.05) is 6.92 Å². The molecule has 0 radical (unpaired) electrons. The minimum atomic E-state index is -0.0803. The summed E-state index contributed by atoms with van der Waals surface area (Å²) in [6.45, 7) is 4.36. The quantitative estimate of drug-likeness (QED) is 0.829. The van der Waals surface area contributed by atoms with Gasteiger partial charge in [-0.15, -0.1) is 0 Å². The normalized spacial score (nSPS) is 23.5. The molecule has 3 nitrogen and oxygen atoms in total. The Morgan fingerprint density at radius 3 is 2.53 bits per heavy atom. The highest BCUT2D eigenvalue weighted by atomic mass is 16.5. The molecule has 1 aromatic carbocycles. The lowest BCUT2D eigenvalue weighted by Crippen LogP contribution is -2.34. The molecule has 0 saturated heterocycles. The van der Waals surface area contributed by atoms with Crippen LogP contribution in [0, 0.1) is 0 Å². The van der Waals surface area contributed by atoms with Gasteiger partial charge in [0.05, 0.1) is 12.7 Å². The molecule has 0 bridgehead atoms. The average molecular weight is 263 g/mol. The van der Waals surface area contributed by atoms with Crippen LogP contribution >= 0.6 is 0 Å². The number of nitrogens with one attached hydrogen (secondary N) is 1. The minimum absolute atomic E-state index is 0.0803. The number of ether oxygens (including phenoxy) is 1. The van der Waals surface area contributed by atoms with Gasteiger partial charge in [-0.05, 0) is 43.7 Å². The number of aliphatic hydroxyl groups is 1. The summed E-state index contributed by atoms with van der Waals surface area (Å²) in [7, 11) is 0. The van der Waals surface area contributed by atoms with Crippen molar-refractivity contribution < 1.29 is 9.84 Å². The molecule has 19 heavy (non-hydrogen) atoms. The molecule has 1 aromatic rings. The molecule has 0 amide bonds. The van der Waals surface area contributed by atoms with Gasteiger partial charge in [0.2, 0.25) is 0 Å². The van der Waals surface area contributed by atoms with E-state index in [1.165, 1.54) is 11.1 Å². The highest BCUT2D eigenvalue weighted by molar-refractivity contribution is 5.26. The number of benzene rings is 1. The van der Waals surface area contributed by atoms with E-state index in [0.717, 1.165) is 38.8 Å². The SMILES string of the molecule is CCOCc1ccccc1CNC1CCC(O)CC1. The maximum Gasteiger partial charge on any atom is 0.0719 e. The van der Waals surface area contributed by atoms with Gasteiger partial charge in [-0.1, -0.05) is 24.3 Å². The van der Waals surface area contributed by atoms with Gasteiger partial charge in [0.1, 0.15) is 0 Å². The molecule has 1 aliphatic carbocycles. The molecular formula is C16H25NO2. The van der Waals surface area contributed by atoms with E-state index in [1.54, 1.807) is 0 Å². The van der Waals surface area contributed by atoms with E-state index in [9.17, 15) is 5.11 Å². The van der Waals surface area contributed by atoms with E-state index < -0.39 is 0 Å². The van der Waals surface area contributed by atoms with Crippen LogP contribution in [0.1, 0.15) is 43.7 Å². The zero-order chi connectivity index (χ0) is 13.5. The lowest BCUT2D eigenvalue weighted by molar-refractivity contribution is 0.116. The van der Waals surface area contributed by atoms with Crippen molar-refractivity contribution in [1.82, 2.24) is 5.32 Å². The van der Waals surface area contributed by atoms with Crippen molar-refractivity contribution in [2.24, 2.45) is 0 Å². The summed E-state index contributed by atoms with van der Waals surface area (Å²) >= 11 is 0. The fourth-order valence-electron chi connectivity index (χ4n) is 2.62. The summed E-state index contributed by atoms with van der Waals surface area (Å²) < 4.78 is 5.51. The molecule has 0 aliphatic heterocycles. The second kappa shape index (κ2) is 7.63. The molecular weight excluding hydrogens is 238 g/mol. The van der Waals surface area contributed by atoms with E-state index in [2.05, 4.69) is 29.6 Å². The van der Waals surface area contributed by atoms with Crippen molar-refractivity contribution >= 4 is 0 Å². The maximum atomic E-state index is 9.51. The van der Waals surface area contributed by atoms with Gasteiger partial charge >= 0.3 is 0 Å². The molecule has 1 saturated carbocycles. The minimum Gasteiger partial charge on any atom is -0.393 e. The zero-order valence-corrected chi connectivity index (χ0v) is 11.8. The Labute approximate surface area is 116 Å². The molecule has 1 aliphatic rings. The van der Waals surface area contributed by atoms with Gasteiger partial charge in [0.15, 0.2) is 0 Å². The lowest BCUT2D eigenvalue weighted by atomic mass is 9.93. The molecule has 2 N–H and O–H groups in total. The van der Waals surface area contributed by atoms with Crippen molar-refractivity contribution in [2.75, 3.05) is 6.61 Å². The van der Waals surface area contributed by atoms with Crippen LogP contribution < -0.4 is 5.32 Å². The van der Waals surface area contributed by atoms with Gasteiger partial charge < -0.3 is 15.2 Å². The zero-order valence-electron chi connectivity index (χ0n) is 11.8. The largest absolute Gasteiger partial charge is 0.393 e. The Bertz CT molecular complexity index is 373. The molecule has 1 fully saturated rings. The van der Waals surface area contributed by atoms with E-state index in [4.69, 9.17) is 4.74 Å². The molecule has 0 unspecified atom stereocenters. The molecule has 0 aromatic heterocycles. The number of aliphatic hydroxyl groups excluding tert-OH is 1. The number of hydrogen-bond acceptors (Lipinski definition) is 3.